The van der Waals surface area contributed by atoms with Crippen LogP contribution >= 0.6 is 0 Å². The minimum absolute atomic E-state index is 0.0140. The van der Waals surface area contributed by atoms with Gasteiger partial charge in [0.25, 0.3) is 0 Å². The van der Waals surface area contributed by atoms with Crippen molar-refractivity contribution in [2.75, 3.05) is 44.6 Å². The summed E-state index contributed by atoms with van der Waals surface area (Å²) in [5.74, 6) is -0.420. The van der Waals surface area contributed by atoms with E-state index in [1.165, 1.54) is 16.4 Å². The Morgan fingerprint density at radius 2 is 1.90 bits per heavy atom. The van der Waals surface area contributed by atoms with Gasteiger partial charge >= 0.3 is 5.97 Å². The molecule has 1 N–H and O–H groups in total. The van der Waals surface area contributed by atoms with E-state index in [2.05, 4.69) is 5.32 Å². The van der Waals surface area contributed by atoms with Crippen molar-refractivity contribution in [3.05, 3.63) is 24.3 Å². The molecule has 1 aromatic carbocycles. The van der Waals surface area contributed by atoms with E-state index in [0.717, 1.165) is 12.8 Å². The van der Waals surface area contributed by atoms with Crippen LogP contribution in [0.2, 0.25) is 0 Å². The molecule has 0 atom stereocenters. The maximum Gasteiger partial charge on any atom is 0.320 e. The van der Waals surface area contributed by atoms with E-state index in [4.69, 9.17) is 4.74 Å². The number of hydrogen-bond acceptors (Lipinski definition) is 6. The summed E-state index contributed by atoms with van der Waals surface area (Å²) in [4.78, 5) is 26.2. The van der Waals surface area contributed by atoms with Crippen molar-refractivity contribution in [1.29, 1.82) is 0 Å². The predicted octanol–water partition coefficient (Wildman–Crippen LogP) is 1.93. The van der Waals surface area contributed by atoms with Crippen molar-refractivity contribution in [3.8, 4) is 0 Å². The van der Waals surface area contributed by atoms with Crippen molar-refractivity contribution in [2.45, 2.75) is 38.5 Å². The summed E-state index contributed by atoms with van der Waals surface area (Å²) in [6, 6.07) is 6.28. The molecule has 9 heteroatoms. The average Bonchev–Trinajstić information content (AvgIpc) is 3.16. The second-order valence-electron chi connectivity index (χ2n) is 7.56. The summed E-state index contributed by atoms with van der Waals surface area (Å²) in [5.41, 5.74) is 0.413. The maximum atomic E-state index is 12.7. The highest BCUT2D eigenvalue weighted by Gasteiger charge is 2.27. The summed E-state index contributed by atoms with van der Waals surface area (Å²) >= 11 is 0. The van der Waals surface area contributed by atoms with E-state index >= 15 is 0 Å². The minimum Gasteiger partial charge on any atom is -0.465 e. The second-order valence-corrected chi connectivity index (χ2v) is 9.49. The Morgan fingerprint density at radius 1 is 1.21 bits per heavy atom. The summed E-state index contributed by atoms with van der Waals surface area (Å²) < 4.78 is 31.9. The third-order valence-corrected chi connectivity index (χ3v) is 6.36. The fourth-order valence-corrected chi connectivity index (χ4v) is 4.87. The smallest absolute Gasteiger partial charge is 0.320 e. The molecule has 0 aliphatic carbocycles. The Hall–Kier alpha value is -1.97. The van der Waals surface area contributed by atoms with Crippen LogP contribution in [-0.2, 0) is 24.3 Å². The minimum atomic E-state index is -3.55. The summed E-state index contributed by atoms with van der Waals surface area (Å²) in [6.45, 7) is 7.69. The standard InChI is InChI=1S/C20H31N3O5S/c1-4-28-20(25)15-22(13-16(2)3)14-19(24)21-17-8-7-9-18(12-17)29(26,27)23-10-5-6-11-23/h7-9,12,16H,4-6,10-11,13-15H2,1-3H3,(H,21,24). The van der Waals surface area contributed by atoms with Crippen LogP contribution in [0.1, 0.15) is 33.6 Å². The molecule has 0 spiro atoms. The molecule has 1 amide bonds. The summed E-state index contributed by atoms with van der Waals surface area (Å²) in [6.07, 6.45) is 1.73. The summed E-state index contributed by atoms with van der Waals surface area (Å²) in [5, 5.41) is 2.74. The van der Waals surface area contributed by atoms with E-state index in [0.29, 0.717) is 31.9 Å². The topological polar surface area (TPSA) is 96.0 Å². The Balaban J connectivity index is 2.04. The first-order valence-corrected chi connectivity index (χ1v) is 11.4. The second kappa shape index (κ2) is 10.7. The highest BCUT2D eigenvalue weighted by atomic mass is 32.2. The number of carbonyl (C=O) groups excluding carboxylic acids is 2. The van der Waals surface area contributed by atoms with Gasteiger partial charge in [-0.1, -0.05) is 19.9 Å². The SMILES string of the molecule is CCOC(=O)CN(CC(=O)Nc1cccc(S(=O)(=O)N2CCCC2)c1)CC(C)C. The largest absolute Gasteiger partial charge is 0.465 e. The molecule has 29 heavy (non-hydrogen) atoms. The molecule has 0 radical (unpaired) electrons. The van der Waals surface area contributed by atoms with Gasteiger partial charge in [-0.2, -0.15) is 4.31 Å². The fourth-order valence-electron chi connectivity index (χ4n) is 3.31. The van der Waals surface area contributed by atoms with Gasteiger partial charge in [-0.15, -0.1) is 0 Å². The number of nitrogens with zero attached hydrogens (tertiary/aromatic N) is 2. The Kier molecular flexibility index (Phi) is 8.60. The van der Waals surface area contributed by atoms with Crippen molar-refractivity contribution in [1.82, 2.24) is 9.21 Å². The molecule has 8 nitrogen and oxygen atoms in total. The lowest BCUT2D eigenvalue weighted by Crippen LogP contribution is -2.39. The van der Waals surface area contributed by atoms with Crippen LogP contribution in [0.5, 0.6) is 0 Å². The fraction of sp³-hybridized carbons (Fsp3) is 0.600. The van der Waals surface area contributed by atoms with Crippen LogP contribution in [0, 0.1) is 5.92 Å². The lowest BCUT2D eigenvalue weighted by atomic mass is 10.2. The number of sulfonamides is 1. The molecule has 0 unspecified atom stereocenters. The van der Waals surface area contributed by atoms with Crippen molar-refractivity contribution < 1.29 is 22.7 Å². The van der Waals surface area contributed by atoms with E-state index in [-0.39, 0.29) is 35.8 Å². The highest BCUT2D eigenvalue weighted by molar-refractivity contribution is 7.89. The first kappa shape index (κ1) is 23.3. The first-order valence-electron chi connectivity index (χ1n) is 10.0. The molecular weight excluding hydrogens is 394 g/mol. The Labute approximate surface area is 173 Å². The molecule has 1 aliphatic heterocycles. The van der Waals surface area contributed by atoms with E-state index in [1.807, 2.05) is 13.8 Å². The van der Waals surface area contributed by atoms with Crippen molar-refractivity contribution >= 4 is 27.6 Å². The zero-order valence-corrected chi connectivity index (χ0v) is 18.2. The number of esters is 1. The zero-order valence-electron chi connectivity index (χ0n) is 17.4. The number of benzene rings is 1. The van der Waals surface area contributed by atoms with Crippen molar-refractivity contribution in [2.24, 2.45) is 5.92 Å². The van der Waals surface area contributed by atoms with Gasteiger partial charge in [0.2, 0.25) is 15.9 Å². The van der Waals surface area contributed by atoms with Crippen molar-refractivity contribution in [3.63, 3.8) is 0 Å². The number of anilines is 1. The number of hydrogen-bond donors (Lipinski definition) is 1. The normalized spacial score (nSPS) is 15.1. The number of rotatable bonds is 10. The van der Waals surface area contributed by atoms with Gasteiger partial charge in [0, 0.05) is 25.3 Å². The van der Waals surface area contributed by atoms with E-state index in [9.17, 15) is 18.0 Å². The molecule has 0 aromatic heterocycles. The number of amides is 1. The molecular formula is C20H31N3O5S. The summed E-state index contributed by atoms with van der Waals surface area (Å²) in [7, 11) is -3.55. The lowest BCUT2D eigenvalue weighted by Gasteiger charge is -2.22. The van der Waals surface area contributed by atoms with Crippen LogP contribution in [0.4, 0.5) is 5.69 Å². The van der Waals surface area contributed by atoms with Gasteiger partial charge in [0.1, 0.15) is 0 Å². The number of nitrogens with one attached hydrogen (secondary N) is 1. The molecule has 0 saturated carbocycles. The van der Waals surface area contributed by atoms with Crippen LogP contribution in [0.3, 0.4) is 0 Å². The molecule has 1 heterocycles. The molecule has 1 fully saturated rings. The van der Waals surface area contributed by atoms with E-state index < -0.39 is 10.0 Å². The van der Waals surface area contributed by atoms with E-state index in [1.54, 1.807) is 24.0 Å². The zero-order chi connectivity index (χ0) is 21.4. The van der Waals surface area contributed by atoms with Gasteiger partial charge in [0.05, 0.1) is 24.6 Å². The molecule has 0 bridgehead atoms. The van der Waals surface area contributed by atoms with Crippen LogP contribution in [-0.4, -0.2) is 68.8 Å². The molecule has 1 aromatic rings. The molecule has 162 valence electrons. The van der Waals surface area contributed by atoms with Gasteiger partial charge in [-0.25, -0.2) is 8.42 Å². The average molecular weight is 426 g/mol. The molecule has 1 saturated heterocycles. The van der Waals surface area contributed by atoms with Crippen LogP contribution in [0.25, 0.3) is 0 Å². The Bertz CT molecular complexity index is 804. The lowest BCUT2D eigenvalue weighted by molar-refractivity contribution is -0.144. The van der Waals surface area contributed by atoms with Gasteiger partial charge in [0.15, 0.2) is 0 Å². The Morgan fingerprint density at radius 3 is 2.52 bits per heavy atom. The maximum absolute atomic E-state index is 12.7. The highest BCUT2D eigenvalue weighted by Crippen LogP contribution is 2.23. The van der Waals surface area contributed by atoms with Gasteiger partial charge < -0.3 is 10.1 Å². The monoisotopic (exact) mass is 425 g/mol. The molecule has 2 rings (SSSR count). The third-order valence-electron chi connectivity index (χ3n) is 4.47. The van der Waals surface area contributed by atoms with Crippen LogP contribution in [0.15, 0.2) is 29.2 Å². The number of ether oxygens (including phenoxy) is 1. The first-order chi connectivity index (χ1) is 13.7. The van der Waals surface area contributed by atoms with Gasteiger partial charge in [-0.05, 0) is 43.9 Å². The van der Waals surface area contributed by atoms with Gasteiger partial charge in [-0.3, -0.25) is 14.5 Å². The third kappa shape index (κ3) is 7.09. The number of carbonyl (C=O) groups is 2. The van der Waals surface area contributed by atoms with Crippen LogP contribution < -0.4 is 5.32 Å². The quantitative estimate of drug-likeness (QED) is 0.576. The molecule has 1 aliphatic rings. The predicted molar refractivity (Wildman–Crippen MR) is 111 cm³/mol.